The van der Waals surface area contributed by atoms with E-state index in [1.54, 1.807) is 0 Å². The fourth-order valence-corrected chi connectivity index (χ4v) is 6.68. The van der Waals surface area contributed by atoms with E-state index < -0.39 is 29.0 Å². The molecule has 11 heteroatoms. The molecule has 0 bridgehead atoms. The van der Waals surface area contributed by atoms with Crippen LogP contribution >= 0.6 is 0 Å². The largest absolute Gasteiger partial charge is 0.457 e. The number of hydrogen-bond donors (Lipinski definition) is 0. The summed E-state index contributed by atoms with van der Waals surface area (Å²) in [4.78, 5) is 64.5. The zero-order valence-electron chi connectivity index (χ0n) is 23.0. The van der Waals surface area contributed by atoms with E-state index in [1.165, 1.54) is 18.2 Å². The summed E-state index contributed by atoms with van der Waals surface area (Å²) in [6.07, 6.45) is 2.13. The molecule has 43 heavy (non-hydrogen) atoms. The third-order valence-electron chi connectivity index (χ3n) is 9.15. The molecule has 0 atom stereocenters. The van der Waals surface area contributed by atoms with Crippen LogP contribution < -0.4 is 14.5 Å². The number of carbonyl (C=O) groups excluding carboxylic acids is 4. The van der Waals surface area contributed by atoms with E-state index in [1.807, 2.05) is 36.4 Å². The smallest absolute Gasteiger partial charge is 0.363 e. The number of fused-ring (bicyclic) bond motifs is 6. The van der Waals surface area contributed by atoms with Crippen molar-refractivity contribution in [2.75, 3.05) is 36.0 Å². The summed E-state index contributed by atoms with van der Waals surface area (Å²) in [5.74, 6) is -1.56. The Bertz CT molecular complexity index is 1770. The molecular formula is C32H25N5O6. The molecule has 3 aromatic rings. The lowest BCUT2D eigenvalue weighted by Crippen LogP contribution is -2.41. The molecular weight excluding hydrogens is 550 g/mol. The molecule has 5 aliphatic rings. The van der Waals surface area contributed by atoms with Crippen LogP contribution in [0.5, 0.6) is 11.5 Å². The van der Waals surface area contributed by atoms with E-state index in [2.05, 4.69) is 14.6 Å². The predicted molar refractivity (Wildman–Crippen MR) is 152 cm³/mol. The Morgan fingerprint density at radius 2 is 1.37 bits per heavy atom. The highest BCUT2D eigenvalue weighted by atomic mass is 16.7. The second-order valence-corrected chi connectivity index (χ2v) is 11.4. The van der Waals surface area contributed by atoms with Crippen LogP contribution in [-0.4, -0.2) is 65.3 Å². The molecule has 1 spiro atoms. The first-order valence-electron chi connectivity index (χ1n) is 14.4. The number of Topliss-reactive ketones (excluding diaryl/α,β-unsaturated/α-hetero) is 1. The van der Waals surface area contributed by atoms with Gasteiger partial charge in [0.1, 0.15) is 11.5 Å². The summed E-state index contributed by atoms with van der Waals surface area (Å²) in [5.41, 5.74) is 12.8. The van der Waals surface area contributed by atoms with Gasteiger partial charge >= 0.3 is 11.7 Å². The molecule has 0 radical (unpaired) electrons. The van der Waals surface area contributed by atoms with Crippen molar-refractivity contribution in [3.63, 3.8) is 0 Å². The molecule has 4 heterocycles. The number of benzene rings is 3. The average molecular weight is 576 g/mol. The molecule has 4 aliphatic heterocycles. The maximum Gasteiger partial charge on any atom is 0.363 e. The Morgan fingerprint density at radius 1 is 0.791 bits per heavy atom. The normalized spacial score (nSPS) is 19.3. The monoisotopic (exact) mass is 575 g/mol. The third kappa shape index (κ3) is 3.48. The zero-order valence-corrected chi connectivity index (χ0v) is 23.0. The van der Waals surface area contributed by atoms with Crippen LogP contribution in [0.2, 0.25) is 0 Å². The van der Waals surface area contributed by atoms with Crippen LogP contribution in [0.15, 0.2) is 54.6 Å². The number of anilines is 2. The van der Waals surface area contributed by atoms with E-state index in [9.17, 15) is 24.7 Å². The molecule has 3 aromatic carbocycles. The van der Waals surface area contributed by atoms with Gasteiger partial charge in [-0.2, -0.15) is 4.79 Å². The first-order chi connectivity index (χ1) is 20.9. The Morgan fingerprint density at radius 3 is 1.88 bits per heavy atom. The summed E-state index contributed by atoms with van der Waals surface area (Å²) in [6.45, 7) is 3.71. The van der Waals surface area contributed by atoms with Gasteiger partial charge in [0.15, 0.2) is 5.41 Å². The Hall–Kier alpha value is -5.28. The van der Waals surface area contributed by atoms with Gasteiger partial charge < -0.3 is 24.9 Å². The standard InChI is InChI=1S/C32H25N5O6/c33-34-30-29(40)21-6-3-18(31(41)43-37-27(38)9-10-28(37)39)15-24(21)32(30)22-7-4-19(35-11-1-12-35)16-25(22)42-26-17-20(5-8-23(26)32)36-13-2-14-36/h3-8,15-17H,1-2,9-14H2. The predicted octanol–water partition coefficient (Wildman–Crippen LogP) is 3.63. The van der Waals surface area contributed by atoms with Crippen LogP contribution in [0.25, 0.3) is 5.53 Å². The number of ether oxygens (including phenoxy) is 1. The summed E-state index contributed by atoms with van der Waals surface area (Å²) in [5, 5.41) is 0.491. The van der Waals surface area contributed by atoms with Crippen molar-refractivity contribution in [2.24, 2.45) is 0 Å². The topological polar surface area (TPSA) is 133 Å². The number of amides is 2. The molecule has 1 aliphatic carbocycles. The third-order valence-corrected chi connectivity index (χ3v) is 9.15. The van der Waals surface area contributed by atoms with Crippen molar-refractivity contribution in [1.82, 2.24) is 5.06 Å². The summed E-state index contributed by atoms with van der Waals surface area (Å²) >= 11 is 0. The van der Waals surface area contributed by atoms with Crippen LogP contribution in [0.4, 0.5) is 11.4 Å². The van der Waals surface area contributed by atoms with Crippen LogP contribution in [0.3, 0.4) is 0 Å². The van der Waals surface area contributed by atoms with Crippen LogP contribution in [-0.2, 0) is 19.8 Å². The summed E-state index contributed by atoms with van der Waals surface area (Å²) in [6, 6.07) is 16.0. The number of ketones is 1. The SMILES string of the molecule is [N-]=[N+]=C1C(=O)c2ccc(C(=O)ON3C(=O)CCC3=O)cc2C12c1ccc(N3CCC3)cc1Oc1cc(N3CCC3)ccc12. The van der Waals surface area contributed by atoms with Gasteiger partial charge in [0.05, 0.1) is 5.56 Å². The fourth-order valence-electron chi connectivity index (χ4n) is 6.68. The average Bonchev–Trinajstić information content (AvgIpc) is 3.39. The maximum atomic E-state index is 13.9. The zero-order chi connectivity index (χ0) is 29.5. The van der Waals surface area contributed by atoms with Crippen molar-refractivity contribution in [3.05, 3.63) is 87.9 Å². The van der Waals surface area contributed by atoms with Crippen LogP contribution in [0.1, 0.15) is 63.1 Å². The molecule has 2 amide bonds. The second-order valence-electron chi connectivity index (χ2n) is 11.4. The van der Waals surface area contributed by atoms with Gasteiger partial charge in [0.2, 0.25) is 0 Å². The van der Waals surface area contributed by atoms with Gasteiger partial charge in [-0.05, 0) is 48.7 Å². The van der Waals surface area contributed by atoms with E-state index in [0.717, 1.165) is 50.4 Å². The van der Waals surface area contributed by atoms with Crippen molar-refractivity contribution < 1.29 is 33.5 Å². The Labute approximate surface area is 245 Å². The summed E-state index contributed by atoms with van der Waals surface area (Å²) < 4.78 is 6.54. The minimum Gasteiger partial charge on any atom is -0.457 e. The van der Waals surface area contributed by atoms with Gasteiger partial charge in [-0.25, -0.2) is 4.79 Å². The minimum absolute atomic E-state index is 0.0293. The second kappa shape index (κ2) is 9.11. The van der Waals surface area contributed by atoms with E-state index >= 15 is 0 Å². The number of hydroxylamine groups is 2. The van der Waals surface area contributed by atoms with Gasteiger partial charge in [-0.15, -0.1) is 5.06 Å². The van der Waals surface area contributed by atoms with E-state index in [-0.39, 0.29) is 29.7 Å². The Kier molecular flexibility index (Phi) is 5.39. The number of carbonyl (C=O) groups is 4. The van der Waals surface area contributed by atoms with Crippen LogP contribution in [0, 0.1) is 0 Å². The molecule has 3 fully saturated rings. The van der Waals surface area contributed by atoms with Crippen molar-refractivity contribution >= 4 is 40.7 Å². The lowest BCUT2D eigenvalue weighted by Gasteiger charge is -2.39. The lowest BCUT2D eigenvalue weighted by molar-refractivity contribution is -0.172. The Balaban J connectivity index is 1.33. The molecule has 8 rings (SSSR count). The van der Waals surface area contributed by atoms with Gasteiger partial charge in [-0.1, -0.05) is 12.1 Å². The highest BCUT2D eigenvalue weighted by Crippen LogP contribution is 2.57. The molecule has 0 N–H and O–H groups in total. The first-order valence-corrected chi connectivity index (χ1v) is 14.4. The first kappa shape index (κ1) is 25.4. The molecule has 0 saturated carbocycles. The fraction of sp³-hybridized carbons (Fsp3) is 0.281. The molecule has 0 unspecified atom stereocenters. The van der Waals surface area contributed by atoms with Gasteiger partial charge in [0.25, 0.3) is 17.6 Å². The molecule has 11 nitrogen and oxygen atoms in total. The van der Waals surface area contributed by atoms with Crippen molar-refractivity contribution in [3.8, 4) is 11.5 Å². The lowest BCUT2D eigenvalue weighted by atomic mass is 9.67. The number of hydrogen-bond acceptors (Lipinski definition) is 8. The van der Waals surface area contributed by atoms with E-state index in [4.69, 9.17) is 9.57 Å². The van der Waals surface area contributed by atoms with Gasteiger partial charge in [0, 0.05) is 79.2 Å². The van der Waals surface area contributed by atoms with Crippen molar-refractivity contribution in [1.29, 1.82) is 0 Å². The number of imide groups is 1. The summed E-state index contributed by atoms with van der Waals surface area (Å²) in [7, 11) is 0. The highest BCUT2D eigenvalue weighted by molar-refractivity contribution is 6.52. The number of nitrogens with zero attached hydrogens (tertiary/aromatic N) is 5. The maximum absolute atomic E-state index is 13.9. The quantitative estimate of drug-likeness (QED) is 0.262. The molecule has 214 valence electrons. The molecule has 3 saturated heterocycles. The van der Waals surface area contributed by atoms with Gasteiger partial charge in [-0.3, -0.25) is 14.4 Å². The molecule has 0 aromatic heterocycles. The van der Waals surface area contributed by atoms with E-state index in [0.29, 0.717) is 33.3 Å². The minimum atomic E-state index is -1.40. The van der Waals surface area contributed by atoms with Crippen molar-refractivity contribution in [2.45, 2.75) is 31.1 Å². The highest BCUT2D eigenvalue weighted by Gasteiger charge is 2.62. The number of rotatable bonds is 4.